The summed E-state index contributed by atoms with van der Waals surface area (Å²) in [5.41, 5.74) is 4.99. The van der Waals surface area contributed by atoms with Crippen LogP contribution < -0.4 is 0 Å². The Labute approximate surface area is 135 Å². The van der Waals surface area contributed by atoms with E-state index >= 15 is 0 Å². The Morgan fingerprint density at radius 1 is 1.04 bits per heavy atom. The van der Waals surface area contributed by atoms with Gasteiger partial charge in [0, 0.05) is 40.6 Å². The number of phenolic OH excluding ortho intramolecular Hbond substituents is 1. The summed E-state index contributed by atoms with van der Waals surface area (Å²) >= 11 is 0. The average molecular weight is 304 g/mol. The molecule has 2 heterocycles. The van der Waals surface area contributed by atoms with E-state index in [9.17, 15) is 5.11 Å². The smallest absolute Gasteiger partial charge is 0.116 e. The molecule has 4 rings (SSSR count). The molecule has 0 unspecified atom stereocenters. The maximum atomic E-state index is 9.98. The van der Waals surface area contributed by atoms with Crippen LogP contribution in [0.1, 0.15) is 24.5 Å². The zero-order valence-corrected chi connectivity index (χ0v) is 13.7. The molecular weight excluding hydrogens is 284 g/mol. The molecule has 4 aromatic rings. The molecule has 0 saturated heterocycles. The van der Waals surface area contributed by atoms with E-state index in [2.05, 4.69) is 36.4 Å². The highest BCUT2D eigenvalue weighted by Crippen LogP contribution is 2.39. The van der Waals surface area contributed by atoms with Crippen molar-refractivity contribution in [3.05, 3.63) is 47.8 Å². The summed E-state index contributed by atoms with van der Waals surface area (Å²) in [7, 11) is 0. The molecule has 23 heavy (non-hydrogen) atoms. The summed E-state index contributed by atoms with van der Waals surface area (Å²) in [6.07, 6.45) is 4.88. The highest BCUT2D eigenvalue weighted by atomic mass is 16.3. The first-order chi connectivity index (χ1) is 11.1. The van der Waals surface area contributed by atoms with Crippen LogP contribution in [-0.4, -0.2) is 14.7 Å². The van der Waals surface area contributed by atoms with E-state index in [1.165, 1.54) is 38.3 Å². The molecule has 2 aromatic heterocycles. The van der Waals surface area contributed by atoms with E-state index in [0.717, 1.165) is 18.4 Å². The van der Waals surface area contributed by atoms with Gasteiger partial charge < -0.3 is 9.67 Å². The fraction of sp³-hybridized carbons (Fsp3) is 0.250. The Morgan fingerprint density at radius 3 is 2.65 bits per heavy atom. The third-order valence-electron chi connectivity index (χ3n) is 4.85. The molecule has 1 N–H and O–H groups in total. The van der Waals surface area contributed by atoms with Crippen LogP contribution in [0.3, 0.4) is 0 Å². The van der Waals surface area contributed by atoms with Crippen LogP contribution in [0, 0.1) is 13.8 Å². The minimum absolute atomic E-state index is 0.316. The van der Waals surface area contributed by atoms with Crippen LogP contribution in [0.5, 0.6) is 5.75 Å². The van der Waals surface area contributed by atoms with Crippen LogP contribution in [0.4, 0.5) is 0 Å². The predicted octanol–water partition coefficient (Wildman–Crippen LogP) is 5.08. The number of rotatable bonds is 2. The number of nitrogens with zero attached hydrogens (tertiary/aromatic N) is 2. The van der Waals surface area contributed by atoms with Crippen molar-refractivity contribution in [1.82, 2.24) is 9.55 Å². The number of benzene rings is 2. The van der Waals surface area contributed by atoms with Gasteiger partial charge in [-0.05, 0) is 61.0 Å². The number of phenols is 1. The monoisotopic (exact) mass is 304 g/mol. The van der Waals surface area contributed by atoms with Gasteiger partial charge in [0.15, 0.2) is 0 Å². The number of aromatic hydroxyl groups is 1. The molecule has 3 nitrogen and oxygen atoms in total. The van der Waals surface area contributed by atoms with Gasteiger partial charge in [-0.15, -0.1) is 0 Å². The van der Waals surface area contributed by atoms with Crippen LogP contribution in [0.2, 0.25) is 0 Å². The summed E-state index contributed by atoms with van der Waals surface area (Å²) in [5, 5.41) is 14.8. The normalized spacial score (nSPS) is 11.8. The van der Waals surface area contributed by atoms with Crippen molar-refractivity contribution < 1.29 is 5.11 Å². The second kappa shape index (κ2) is 4.98. The molecule has 0 atom stereocenters. The molecule has 0 bridgehead atoms. The maximum Gasteiger partial charge on any atom is 0.116 e. The van der Waals surface area contributed by atoms with Crippen molar-refractivity contribution in [2.45, 2.75) is 33.7 Å². The molecule has 0 radical (unpaired) electrons. The summed E-state index contributed by atoms with van der Waals surface area (Å²) in [4.78, 5) is 4.31. The molecule has 2 aromatic carbocycles. The minimum atomic E-state index is 0.316. The van der Waals surface area contributed by atoms with E-state index in [0.29, 0.717) is 5.75 Å². The van der Waals surface area contributed by atoms with Gasteiger partial charge >= 0.3 is 0 Å². The highest BCUT2D eigenvalue weighted by Gasteiger charge is 2.18. The van der Waals surface area contributed by atoms with Crippen molar-refractivity contribution >= 4 is 32.6 Å². The lowest BCUT2D eigenvalue weighted by atomic mass is 9.97. The van der Waals surface area contributed by atoms with Crippen molar-refractivity contribution in [2.75, 3.05) is 0 Å². The van der Waals surface area contributed by atoms with Crippen molar-refractivity contribution in [2.24, 2.45) is 0 Å². The second-order valence-corrected chi connectivity index (χ2v) is 6.25. The number of pyridine rings is 1. The Kier molecular flexibility index (Phi) is 3.05. The number of hydrogen-bond donors (Lipinski definition) is 1. The zero-order chi connectivity index (χ0) is 16.1. The van der Waals surface area contributed by atoms with E-state index in [1.54, 1.807) is 6.07 Å². The van der Waals surface area contributed by atoms with Crippen LogP contribution in [-0.2, 0) is 6.54 Å². The maximum absolute atomic E-state index is 9.98. The second-order valence-electron chi connectivity index (χ2n) is 6.25. The third kappa shape index (κ3) is 1.86. The predicted molar refractivity (Wildman–Crippen MR) is 96.2 cm³/mol. The van der Waals surface area contributed by atoms with Gasteiger partial charge in [0.25, 0.3) is 0 Å². The SMILES string of the molecule is CCCn1c2ccc(O)cc2c2c(C)c3cnccc3c(C)c21. The van der Waals surface area contributed by atoms with E-state index in [4.69, 9.17) is 0 Å². The zero-order valence-electron chi connectivity index (χ0n) is 13.7. The van der Waals surface area contributed by atoms with Gasteiger partial charge in [0.05, 0.1) is 5.52 Å². The standard InChI is InChI=1S/C20H20N2O/c1-4-9-22-18-6-5-14(23)10-16(18)19-12(2)17-11-21-8-7-15(17)13(3)20(19)22/h5-8,10-11,23H,4,9H2,1-3H3. The van der Waals surface area contributed by atoms with Gasteiger partial charge in [-0.3, -0.25) is 4.98 Å². The molecule has 3 heteroatoms. The first kappa shape index (κ1) is 14.1. The molecular formula is C20H20N2O. The number of hydrogen-bond acceptors (Lipinski definition) is 2. The molecule has 0 fully saturated rings. The number of aromatic nitrogens is 2. The summed E-state index contributed by atoms with van der Waals surface area (Å²) < 4.78 is 2.40. The molecule has 116 valence electrons. The number of fused-ring (bicyclic) bond motifs is 4. The van der Waals surface area contributed by atoms with Crippen LogP contribution >= 0.6 is 0 Å². The summed E-state index contributed by atoms with van der Waals surface area (Å²) in [6, 6.07) is 7.79. The first-order valence-electron chi connectivity index (χ1n) is 8.11. The quantitative estimate of drug-likeness (QED) is 0.561. The van der Waals surface area contributed by atoms with Crippen molar-refractivity contribution in [3.8, 4) is 5.75 Å². The lowest BCUT2D eigenvalue weighted by Crippen LogP contribution is -1.98. The Bertz CT molecular complexity index is 1060. The molecule has 0 amide bonds. The van der Waals surface area contributed by atoms with Gasteiger partial charge in [0.1, 0.15) is 5.75 Å². The average Bonchev–Trinajstić information content (AvgIpc) is 2.87. The molecule has 0 aliphatic heterocycles. The Hall–Kier alpha value is -2.55. The highest BCUT2D eigenvalue weighted by molar-refractivity contribution is 6.17. The first-order valence-corrected chi connectivity index (χ1v) is 8.11. The fourth-order valence-corrected chi connectivity index (χ4v) is 3.85. The van der Waals surface area contributed by atoms with Gasteiger partial charge in [-0.2, -0.15) is 0 Å². The van der Waals surface area contributed by atoms with Crippen LogP contribution in [0.25, 0.3) is 32.6 Å². The van der Waals surface area contributed by atoms with Crippen molar-refractivity contribution in [3.63, 3.8) is 0 Å². The lowest BCUT2D eigenvalue weighted by molar-refractivity contribution is 0.476. The van der Waals surface area contributed by atoms with E-state index < -0.39 is 0 Å². The molecule has 0 saturated carbocycles. The Morgan fingerprint density at radius 2 is 1.87 bits per heavy atom. The Balaban J connectivity index is 2.34. The third-order valence-corrected chi connectivity index (χ3v) is 4.85. The van der Waals surface area contributed by atoms with Gasteiger partial charge in [-0.25, -0.2) is 0 Å². The van der Waals surface area contributed by atoms with Crippen LogP contribution in [0.15, 0.2) is 36.7 Å². The van der Waals surface area contributed by atoms with E-state index in [-0.39, 0.29) is 0 Å². The summed E-state index contributed by atoms with van der Waals surface area (Å²) in [6.45, 7) is 7.52. The lowest BCUT2D eigenvalue weighted by Gasteiger charge is -2.12. The largest absolute Gasteiger partial charge is 0.508 e. The fourth-order valence-electron chi connectivity index (χ4n) is 3.85. The molecule has 0 aliphatic carbocycles. The van der Waals surface area contributed by atoms with Gasteiger partial charge in [-0.1, -0.05) is 6.92 Å². The van der Waals surface area contributed by atoms with E-state index in [1.807, 2.05) is 24.5 Å². The molecule has 0 aliphatic rings. The number of aryl methyl sites for hydroxylation is 3. The topological polar surface area (TPSA) is 38.0 Å². The molecule has 0 spiro atoms. The summed E-state index contributed by atoms with van der Waals surface area (Å²) in [5.74, 6) is 0.316. The van der Waals surface area contributed by atoms with Crippen molar-refractivity contribution in [1.29, 1.82) is 0 Å². The van der Waals surface area contributed by atoms with Gasteiger partial charge in [0.2, 0.25) is 0 Å². The minimum Gasteiger partial charge on any atom is -0.508 e.